The van der Waals surface area contributed by atoms with Crippen LogP contribution in [0.1, 0.15) is 45.4 Å². The molecular weight excluding hydrogens is 244 g/mol. The molecule has 3 N–H and O–H groups in total. The Balaban J connectivity index is 1.87. The van der Waals surface area contributed by atoms with E-state index in [1.54, 1.807) is 0 Å². The van der Waals surface area contributed by atoms with E-state index >= 15 is 0 Å². The third-order valence-corrected chi connectivity index (χ3v) is 4.58. The molecule has 5 heteroatoms. The topological polar surface area (TPSA) is 75.8 Å². The summed E-state index contributed by atoms with van der Waals surface area (Å²) >= 11 is 0. The lowest BCUT2D eigenvalue weighted by Crippen LogP contribution is -2.56. The van der Waals surface area contributed by atoms with Gasteiger partial charge in [0.25, 0.3) is 0 Å². The van der Waals surface area contributed by atoms with Gasteiger partial charge in [0, 0.05) is 25.7 Å². The van der Waals surface area contributed by atoms with Crippen LogP contribution in [0, 0.1) is 0 Å². The van der Waals surface area contributed by atoms with Gasteiger partial charge in [0.05, 0.1) is 6.10 Å². The molecule has 2 unspecified atom stereocenters. The molecule has 2 rings (SSSR count). The van der Waals surface area contributed by atoms with Crippen molar-refractivity contribution in [2.24, 2.45) is 5.73 Å². The van der Waals surface area contributed by atoms with Crippen molar-refractivity contribution in [1.29, 1.82) is 0 Å². The molecule has 0 spiro atoms. The van der Waals surface area contributed by atoms with Gasteiger partial charge in [-0.15, -0.1) is 0 Å². The van der Waals surface area contributed by atoms with Gasteiger partial charge in [-0.25, -0.2) is 0 Å². The molecule has 1 saturated carbocycles. The van der Waals surface area contributed by atoms with Crippen molar-refractivity contribution in [3.05, 3.63) is 0 Å². The van der Waals surface area contributed by atoms with E-state index in [4.69, 9.17) is 10.5 Å². The molecule has 2 aliphatic rings. The van der Waals surface area contributed by atoms with E-state index in [1.807, 2.05) is 6.92 Å². The van der Waals surface area contributed by atoms with E-state index in [-0.39, 0.29) is 0 Å². The molecule has 0 radical (unpaired) electrons. The Morgan fingerprint density at radius 1 is 1.42 bits per heavy atom. The second-order valence-electron chi connectivity index (χ2n) is 5.90. The number of nitrogens with two attached hydrogens (primary N) is 1. The van der Waals surface area contributed by atoms with E-state index in [1.165, 1.54) is 0 Å². The predicted octanol–water partition coefficient (Wildman–Crippen LogP) is 1.21. The van der Waals surface area contributed by atoms with Crippen molar-refractivity contribution in [2.45, 2.75) is 63.1 Å². The highest BCUT2D eigenvalue weighted by molar-refractivity contribution is 5.78. The average Bonchev–Trinajstić information content (AvgIpc) is 2.40. The molecule has 0 aromatic carbocycles. The third-order valence-electron chi connectivity index (χ3n) is 4.58. The number of piperidine rings is 1. The van der Waals surface area contributed by atoms with Crippen molar-refractivity contribution in [3.63, 3.8) is 0 Å². The van der Waals surface area contributed by atoms with Crippen LogP contribution in [0.4, 0.5) is 0 Å². The van der Waals surface area contributed by atoms with Crippen LogP contribution in [-0.4, -0.2) is 53.4 Å². The lowest BCUT2D eigenvalue weighted by Gasteiger charge is -2.43. The van der Waals surface area contributed by atoms with Crippen molar-refractivity contribution >= 4 is 5.97 Å². The SMILES string of the molecule is CCOC1CCN(C2CCCC(N)(C(=O)O)C2)CC1. The Morgan fingerprint density at radius 3 is 2.68 bits per heavy atom. The molecule has 1 heterocycles. The summed E-state index contributed by atoms with van der Waals surface area (Å²) in [5.74, 6) is -0.846. The molecule has 1 aliphatic heterocycles. The lowest BCUT2D eigenvalue weighted by molar-refractivity contribution is -0.145. The highest BCUT2D eigenvalue weighted by atomic mass is 16.5. The zero-order valence-electron chi connectivity index (χ0n) is 11.8. The smallest absolute Gasteiger partial charge is 0.323 e. The van der Waals surface area contributed by atoms with Gasteiger partial charge in [0.15, 0.2) is 0 Å². The van der Waals surface area contributed by atoms with Gasteiger partial charge in [-0.2, -0.15) is 0 Å². The molecule has 5 nitrogen and oxygen atoms in total. The van der Waals surface area contributed by atoms with Crippen molar-refractivity contribution < 1.29 is 14.6 Å². The zero-order valence-corrected chi connectivity index (χ0v) is 11.8. The van der Waals surface area contributed by atoms with E-state index in [0.29, 0.717) is 25.0 Å². The number of aliphatic carboxylic acids is 1. The second-order valence-corrected chi connectivity index (χ2v) is 5.90. The molecule has 2 fully saturated rings. The van der Waals surface area contributed by atoms with Crippen LogP contribution in [0.5, 0.6) is 0 Å². The summed E-state index contributed by atoms with van der Waals surface area (Å²) in [6.07, 6.45) is 5.66. The number of hydrogen-bond acceptors (Lipinski definition) is 4. The average molecular weight is 270 g/mol. The molecule has 19 heavy (non-hydrogen) atoms. The van der Waals surface area contributed by atoms with E-state index < -0.39 is 11.5 Å². The highest BCUT2D eigenvalue weighted by Crippen LogP contribution is 2.31. The number of rotatable bonds is 4. The molecule has 0 amide bonds. The summed E-state index contributed by atoms with van der Waals surface area (Å²) in [7, 11) is 0. The molecule has 0 aromatic heterocycles. The maximum Gasteiger partial charge on any atom is 0.323 e. The Morgan fingerprint density at radius 2 is 2.11 bits per heavy atom. The minimum absolute atomic E-state index is 0.331. The van der Waals surface area contributed by atoms with E-state index in [0.717, 1.165) is 45.4 Å². The van der Waals surface area contributed by atoms with Gasteiger partial charge in [-0.3, -0.25) is 4.79 Å². The third kappa shape index (κ3) is 3.46. The summed E-state index contributed by atoms with van der Waals surface area (Å²) in [4.78, 5) is 13.7. The van der Waals surface area contributed by atoms with Gasteiger partial charge < -0.3 is 20.5 Å². The fourth-order valence-electron chi connectivity index (χ4n) is 3.43. The second kappa shape index (κ2) is 6.20. The summed E-state index contributed by atoms with van der Waals surface area (Å²) in [6, 6.07) is 0.331. The monoisotopic (exact) mass is 270 g/mol. The molecule has 1 saturated heterocycles. The first-order valence-corrected chi connectivity index (χ1v) is 7.43. The van der Waals surface area contributed by atoms with Crippen LogP contribution in [0.25, 0.3) is 0 Å². The minimum atomic E-state index is -1.01. The number of likely N-dealkylation sites (tertiary alicyclic amines) is 1. The maximum atomic E-state index is 11.3. The van der Waals surface area contributed by atoms with Crippen LogP contribution >= 0.6 is 0 Å². The van der Waals surface area contributed by atoms with Crippen molar-refractivity contribution in [3.8, 4) is 0 Å². The first-order valence-electron chi connectivity index (χ1n) is 7.43. The maximum absolute atomic E-state index is 11.3. The summed E-state index contributed by atoms with van der Waals surface area (Å²) in [5, 5.41) is 9.26. The summed E-state index contributed by atoms with van der Waals surface area (Å²) in [6.45, 7) is 4.82. The van der Waals surface area contributed by atoms with E-state index in [2.05, 4.69) is 4.90 Å². The molecule has 2 atom stereocenters. The van der Waals surface area contributed by atoms with Gasteiger partial charge >= 0.3 is 5.97 Å². The number of nitrogens with zero attached hydrogens (tertiary/aromatic N) is 1. The molecule has 110 valence electrons. The lowest BCUT2D eigenvalue weighted by atomic mass is 9.78. The fraction of sp³-hybridized carbons (Fsp3) is 0.929. The van der Waals surface area contributed by atoms with Gasteiger partial charge in [-0.1, -0.05) is 0 Å². The Kier molecular flexibility index (Phi) is 4.81. The van der Waals surface area contributed by atoms with Gasteiger partial charge in [0.1, 0.15) is 5.54 Å². The largest absolute Gasteiger partial charge is 0.480 e. The van der Waals surface area contributed by atoms with Gasteiger partial charge in [-0.05, 0) is 45.4 Å². The quantitative estimate of drug-likeness (QED) is 0.803. The van der Waals surface area contributed by atoms with E-state index in [9.17, 15) is 9.90 Å². The standard InChI is InChI=1S/C14H26N2O3/c1-2-19-12-5-8-16(9-6-12)11-4-3-7-14(15,10-11)13(17)18/h11-12H,2-10,15H2,1H3,(H,17,18). The Bertz CT molecular complexity index is 316. The van der Waals surface area contributed by atoms with Crippen LogP contribution in [0.3, 0.4) is 0 Å². The molecule has 0 aromatic rings. The zero-order chi connectivity index (χ0) is 13.9. The highest BCUT2D eigenvalue weighted by Gasteiger charge is 2.41. The van der Waals surface area contributed by atoms with Gasteiger partial charge in [0.2, 0.25) is 0 Å². The number of hydrogen-bond donors (Lipinski definition) is 2. The Labute approximate surface area is 115 Å². The van der Waals surface area contributed by atoms with Crippen LogP contribution in [0.15, 0.2) is 0 Å². The number of carboxylic acid groups (broad SMARTS) is 1. The fourth-order valence-corrected chi connectivity index (χ4v) is 3.43. The predicted molar refractivity (Wildman–Crippen MR) is 73.0 cm³/mol. The minimum Gasteiger partial charge on any atom is -0.480 e. The summed E-state index contributed by atoms with van der Waals surface area (Å²) in [5.41, 5.74) is 5.01. The molecular formula is C14H26N2O3. The van der Waals surface area contributed by atoms with Crippen LogP contribution < -0.4 is 5.73 Å². The molecule has 0 bridgehead atoms. The Hall–Kier alpha value is -0.650. The normalized spacial score (nSPS) is 34.3. The molecule has 1 aliphatic carbocycles. The van der Waals surface area contributed by atoms with Crippen LogP contribution in [0.2, 0.25) is 0 Å². The number of carboxylic acids is 1. The first kappa shape index (κ1) is 14.8. The van der Waals surface area contributed by atoms with Crippen molar-refractivity contribution in [2.75, 3.05) is 19.7 Å². The first-order chi connectivity index (χ1) is 9.05. The van der Waals surface area contributed by atoms with Crippen molar-refractivity contribution in [1.82, 2.24) is 4.90 Å². The van der Waals surface area contributed by atoms with Crippen LogP contribution in [-0.2, 0) is 9.53 Å². The number of ether oxygens (including phenoxy) is 1. The summed E-state index contributed by atoms with van der Waals surface area (Å²) < 4.78 is 5.65. The number of carbonyl (C=O) groups is 1.